The van der Waals surface area contributed by atoms with E-state index in [-0.39, 0.29) is 0 Å². The zero-order chi connectivity index (χ0) is 42.1. The molecule has 0 radical (unpaired) electrons. The Labute approximate surface area is 376 Å². The highest BCUT2D eigenvalue weighted by Gasteiger charge is 2.38. The van der Waals surface area contributed by atoms with Crippen molar-refractivity contribution in [2.75, 3.05) is 0 Å². The molecule has 13 rings (SSSR count). The largest absolute Gasteiger partial charge is 0.354 e. The van der Waals surface area contributed by atoms with Crippen molar-refractivity contribution in [1.29, 1.82) is 0 Å². The lowest BCUT2D eigenvalue weighted by Crippen LogP contribution is -2.23. The van der Waals surface area contributed by atoms with Crippen LogP contribution in [-0.4, -0.2) is 21.4 Å². The van der Waals surface area contributed by atoms with Crippen LogP contribution in [0.25, 0.3) is 22.3 Å². The van der Waals surface area contributed by atoms with Gasteiger partial charge in [-0.1, -0.05) is 121 Å². The van der Waals surface area contributed by atoms with Crippen molar-refractivity contribution in [3.63, 3.8) is 0 Å². The number of rotatable bonds is 4. The lowest BCUT2D eigenvalue weighted by molar-refractivity contribution is 0.684. The standard InChI is InChI=1S/C60H54N4/c1-5-21-37(22-6-1)49-53-41-29-13-15-31-43(41)55(61-53)50(38-23-7-2-8-24-38)57-45-33-17-19-35-47(45)59(63-57)52(40-27-11-4-12-28-40)60-48-36-20-18-34-46(48)58(64-60)51(39-25-9-3-10-26-39)56-44-32-16-14-30-42(44)54(49)62-56/h1-12,21-28,61-62H,13-20,29-36H2. The van der Waals surface area contributed by atoms with Crippen LogP contribution in [-0.2, 0) is 25.7 Å². The number of hydrogen-bond acceptors (Lipinski definition) is 2. The Kier molecular flexibility index (Phi) is 9.27. The van der Waals surface area contributed by atoms with E-state index in [0.717, 1.165) is 74.2 Å². The Morgan fingerprint density at radius 2 is 0.641 bits per heavy atom. The third kappa shape index (κ3) is 6.01. The summed E-state index contributed by atoms with van der Waals surface area (Å²) in [6.07, 6.45) is 17.9. The number of aromatic nitrogens is 2. The van der Waals surface area contributed by atoms with E-state index in [1.807, 2.05) is 0 Å². The van der Waals surface area contributed by atoms with Gasteiger partial charge in [0.25, 0.3) is 0 Å². The molecule has 0 saturated heterocycles. The van der Waals surface area contributed by atoms with Gasteiger partial charge in [-0.3, -0.25) is 0 Å². The molecule has 4 heteroatoms. The molecule has 0 spiro atoms. The second kappa shape index (κ2) is 15.6. The zero-order valence-electron chi connectivity index (χ0n) is 36.8. The van der Waals surface area contributed by atoms with Gasteiger partial charge >= 0.3 is 0 Å². The second-order valence-corrected chi connectivity index (χ2v) is 19.0. The van der Waals surface area contributed by atoms with Crippen LogP contribution in [0.3, 0.4) is 0 Å². The van der Waals surface area contributed by atoms with Crippen LogP contribution in [0, 0.1) is 0 Å². The van der Waals surface area contributed by atoms with E-state index in [1.54, 1.807) is 0 Å². The SMILES string of the molecule is c1ccc(C2=C3N=C(C4=C3CCCC4)C(c3ccccc3)=c3[nH]c(c4c3CCCC4)=C(c3ccccc3)c3[nH]c(c4c3CCCC4)C(c3ccccc3)=C3N=C2C2=C3CCCC2)cc1. The molecule has 0 atom stereocenters. The summed E-state index contributed by atoms with van der Waals surface area (Å²) < 4.78 is 0. The Bertz CT molecular complexity index is 3210. The number of benzene rings is 4. The molecule has 6 aromatic rings. The van der Waals surface area contributed by atoms with Crippen molar-refractivity contribution in [3.05, 3.63) is 222 Å². The number of hydrogen-bond donors (Lipinski definition) is 2. The first-order valence-corrected chi connectivity index (χ1v) is 24.4. The predicted molar refractivity (Wildman–Crippen MR) is 263 cm³/mol. The quantitative estimate of drug-likeness (QED) is 0.178. The molecule has 0 unspecified atom stereocenters. The van der Waals surface area contributed by atoms with Crippen LogP contribution < -0.4 is 10.7 Å². The fourth-order valence-corrected chi connectivity index (χ4v) is 12.5. The molecule has 2 N–H and O–H groups in total. The number of nitrogens with zero attached hydrogens (tertiary/aromatic N) is 2. The summed E-state index contributed by atoms with van der Waals surface area (Å²) >= 11 is 0. The van der Waals surface area contributed by atoms with E-state index in [2.05, 4.69) is 131 Å². The maximum absolute atomic E-state index is 6.08. The number of H-pyrrole nitrogens is 2. The molecule has 7 aliphatic rings. The molecule has 0 saturated carbocycles. The van der Waals surface area contributed by atoms with Gasteiger partial charge in [-0.2, -0.15) is 0 Å². The highest BCUT2D eigenvalue weighted by atomic mass is 14.9. The second-order valence-electron chi connectivity index (χ2n) is 19.0. The van der Waals surface area contributed by atoms with Crippen molar-refractivity contribution < 1.29 is 0 Å². The Morgan fingerprint density at radius 3 is 1.14 bits per heavy atom. The minimum atomic E-state index is 1.03. The average molecular weight is 831 g/mol. The summed E-state index contributed by atoms with van der Waals surface area (Å²) in [5, 5.41) is 2.54. The normalized spacial score (nSPS) is 19.4. The lowest BCUT2D eigenvalue weighted by atomic mass is 9.81. The van der Waals surface area contributed by atoms with Gasteiger partial charge in [0.15, 0.2) is 0 Å². The Morgan fingerprint density at radius 1 is 0.297 bits per heavy atom. The van der Waals surface area contributed by atoms with Gasteiger partial charge in [0.2, 0.25) is 0 Å². The van der Waals surface area contributed by atoms with Crippen LogP contribution in [0.2, 0.25) is 0 Å². The molecule has 2 aliphatic heterocycles. The van der Waals surface area contributed by atoms with E-state index in [9.17, 15) is 0 Å². The van der Waals surface area contributed by atoms with E-state index in [4.69, 9.17) is 9.98 Å². The fourth-order valence-electron chi connectivity index (χ4n) is 12.5. The van der Waals surface area contributed by atoms with E-state index < -0.39 is 0 Å². The Balaban J connectivity index is 1.28. The molecule has 0 amide bonds. The van der Waals surface area contributed by atoms with Crippen LogP contribution >= 0.6 is 0 Å². The summed E-state index contributed by atoms with van der Waals surface area (Å²) in [6.45, 7) is 0. The number of nitrogens with one attached hydrogen (secondary N) is 2. The molecular weight excluding hydrogens is 777 g/mol. The van der Waals surface area contributed by atoms with E-state index in [0.29, 0.717) is 0 Å². The molecular formula is C60H54N4. The van der Waals surface area contributed by atoms with E-state index >= 15 is 0 Å². The average Bonchev–Trinajstić information content (AvgIpc) is 4.14. The van der Waals surface area contributed by atoms with Gasteiger partial charge in [-0.15, -0.1) is 0 Å². The monoisotopic (exact) mass is 830 g/mol. The summed E-state index contributed by atoms with van der Waals surface area (Å²) in [6, 6.07) is 45.0. The van der Waals surface area contributed by atoms with Crippen LogP contribution in [0.15, 0.2) is 165 Å². The number of aromatic amines is 2. The maximum Gasteiger partial charge on any atom is 0.0773 e. The topological polar surface area (TPSA) is 56.3 Å². The van der Waals surface area contributed by atoms with Crippen molar-refractivity contribution in [2.45, 2.75) is 103 Å². The van der Waals surface area contributed by atoms with Crippen LogP contribution in [0.5, 0.6) is 0 Å². The highest BCUT2D eigenvalue weighted by molar-refractivity contribution is 6.38. The molecule has 314 valence electrons. The summed E-state index contributed by atoms with van der Waals surface area (Å²) in [5.41, 5.74) is 28.8. The van der Waals surface area contributed by atoms with Gasteiger partial charge in [0.1, 0.15) is 0 Å². The zero-order valence-corrected chi connectivity index (χ0v) is 36.8. The molecule has 4 heterocycles. The maximum atomic E-state index is 6.08. The van der Waals surface area contributed by atoms with Crippen molar-refractivity contribution in [2.24, 2.45) is 9.98 Å². The summed E-state index contributed by atoms with van der Waals surface area (Å²) in [4.78, 5) is 20.9. The third-order valence-electron chi connectivity index (χ3n) is 15.4. The number of aliphatic imine (C=N–C) groups is 2. The lowest BCUT2D eigenvalue weighted by Gasteiger charge is -2.21. The van der Waals surface area contributed by atoms with Crippen molar-refractivity contribution in [3.8, 4) is 0 Å². The van der Waals surface area contributed by atoms with Gasteiger partial charge < -0.3 is 9.97 Å². The highest BCUT2D eigenvalue weighted by Crippen LogP contribution is 2.50. The Hall–Kier alpha value is -6.52. The molecule has 2 aromatic heterocycles. The van der Waals surface area contributed by atoms with Gasteiger partial charge in [0, 0.05) is 22.3 Å². The summed E-state index contributed by atoms with van der Waals surface area (Å²) in [7, 11) is 0. The minimum absolute atomic E-state index is 1.03. The molecule has 5 aliphatic carbocycles. The van der Waals surface area contributed by atoms with Crippen molar-refractivity contribution in [1.82, 2.24) is 9.97 Å². The molecule has 4 aromatic carbocycles. The summed E-state index contributed by atoms with van der Waals surface area (Å²) in [5.74, 6) is 0. The predicted octanol–water partition coefficient (Wildman–Crippen LogP) is 12.4. The first-order valence-electron chi connectivity index (χ1n) is 24.4. The smallest absolute Gasteiger partial charge is 0.0773 e. The van der Waals surface area contributed by atoms with Crippen molar-refractivity contribution >= 4 is 33.7 Å². The minimum Gasteiger partial charge on any atom is -0.354 e. The van der Waals surface area contributed by atoms with Gasteiger partial charge in [0.05, 0.1) is 44.9 Å². The first-order chi connectivity index (χ1) is 31.8. The molecule has 8 bridgehead atoms. The van der Waals surface area contributed by atoms with Crippen LogP contribution in [0.4, 0.5) is 0 Å². The number of allylic oxidation sites excluding steroid dienone is 5. The van der Waals surface area contributed by atoms with E-state index in [1.165, 1.54) is 163 Å². The molecule has 0 fully saturated rings. The fraction of sp³-hybridized carbons (Fsp3) is 0.267. The first kappa shape index (κ1) is 38.0. The molecule has 64 heavy (non-hydrogen) atoms. The van der Waals surface area contributed by atoms with Gasteiger partial charge in [-0.25, -0.2) is 9.98 Å². The molecule has 4 nitrogen and oxygen atoms in total. The van der Waals surface area contributed by atoms with Gasteiger partial charge in [-0.05, 0) is 170 Å². The van der Waals surface area contributed by atoms with Crippen LogP contribution in [0.1, 0.15) is 133 Å². The third-order valence-corrected chi connectivity index (χ3v) is 15.4.